The maximum atomic E-state index is 14.2. The third-order valence-corrected chi connectivity index (χ3v) is 9.11. The van der Waals surface area contributed by atoms with E-state index in [0.717, 1.165) is 27.9 Å². The summed E-state index contributed by atoms with van der Waals surface area (Å²) >= 11 is 0. The van der Waals surface area contributed by atoms with Crippen molar-refractivity contribution >= 4 is 17.8 Å². The van der Waals surface area contributed by atoms with Gasteiger partial charge in [-0.25, -0.2) is 4.79 Å². The minimum atomic E-state index is -1.08. The number of ether oxygens (including phenoxy) is 1. The minimum Gasteiger partial charge on any atom is -0.445 e. The zero-order valence-electron chi connectivity index (χ0n) is 31.8. The fourth-order valence-corrected chi connectivity index (χ4v) is 5.94. The van der Waals surface area contributed by atoms with Gasteiger partial charge in [0.15, 0.2) is 5.78 Å². The van der Waals surface area contributed by atoms with Crippen LogP contribution in [0.5, 0.6) is 0 Å². The summed E-state index contributed by atoms with van der Waals surface area (Å²) in [6.45, 7) is 11.7. The molecule has 0 spiro atoms. The fraction of sp³-hybridized carbons (Fsp3) is 0.395. The van der Waals surface area contributed by atoms with E-state index in [2.05, 4.69) is 15.6 Å². The predicted molar refractivity (Wildman–Crippen MR) is 208 cm³/mol. The van der Waals surface area contributed by atoms with E-state index >= 15 is 0 Å². The molecule has 1 heterocycles. The predicted octanol–water partition coefficient (Wildman–Crippen LogP) is 5.92. The van der Waals surface area contributed by atoms with Gasteiger partial charge in [-0.1, -0.05) is 133 Å². The lowest BCUT2D eigenvalue weighted by Gasteiger charge is -2.34. The van der Waals surface area contributed by atoms with Crippen molar-refractivity contribution in [2.45, 2.75) is 85.3 Å². The highest BCUT2D eigenvalue weighted by atomic mass is 16.5. The molecule has 4 atom stereocenters. The zero-order valence-corrected chi connectivity index (χ0v) is 31.8. The van der Waals surface area contributed by atoms with Crippen LogP contribution < -0.4 is 16.4 Å². The Morgan fingerprint density at radius 3 is 1.94 bits per heavy atom. The molecule has 0 fully saturated rings. The lowest BCUT2D eigenvalue weighted by Crippen LogP contribution is -2.57. The molecule has 2 amide bonds. The summed E-state index contributed by atoms with van der Waals surface area (Å²) in [6.07, 6.45) is 0.321. The maximum absolute atomic E-state index is 14.2. The van der Waals surface area contributed by atoms with E-state index < -0.39 is 41.2 Å². The molecule has 1 unspecified atom stereocenters. The number of benzene rings is 3. The van der Waals surface area contributed by atoms with Crippen molar-refractivity contribution < 1.29 is 24.2 Å². The van der Waals surface area contributed by atoms with Gasteiger partial charge in [0.25, 0.3) is 0 Å². The van der Waals surface area contributed by atoms with Gasteiger partial charge in [0, 0.05) is 24.8 Å². The van der Waals surface area contributed by atoms with Crippen LogP contribution in [0.3, 0.4) is 0 Å². The Bertz CT molecular complexity index is 1740. The highest BCUT2D eigenvalue weighted by Crippen LogP contribution is 2.23. The quantitative estimate of drug-likeness (QED) is 0.112. The molecule has 0 aliphatic heterocycles. The van der Waals surface area contributed by atoms with Gasteiger partial charge in [-0.3, -0.25) is 19.5 Å². The molecule has 0 aliphatic rings. The Hall–Kier alpha value is -4.90. The Morgan fingerprint density at radius 1 is 0.774 bits per heavy atom. The van der Waals surface area contributed by atoms with E-state index in [0.29, 0.717) is 13.0 Å². The summed E-state index contributed by atoms with van der Waals surface area (Å²) in [4.78, 5) is 46.8. The van der Waals surface area contributed by atoms with E-state index in [1.807, 2.05) is 150 Å². The number of hydrogen-bond acceptors (Lipinski definition) is 8. The van der Waals surface area contributed by atoms with Crippen LogP contribution >= 0.6 is 0 Å². The van der Waals surface area contributed by atoms with Crippen molar-refractivity contribution in [1.29, 1.82) is 0 Å². The van der Waals surface area contributed by atoms with Gasteiger partial charge in [0.1, 0.15) is 6.61 Å². The molecule has 0 radical (unpaired) electrons. The molecule has 3 aromatic carbocycles. The summed E-state index contributed by atoms with van der Waals surface area (Å²) in [7, 11) is 0. The highest BCUT2D eigenvalue weighted by molar-refractivity contribution is 5.89. The molecule has 0 saturated heterocycles. The number of carbonyl (C=O) groups is 3. The van der Waals surface area contributed by atoms with Gasteiger partial charge in [-0.2, -0.15) is 0 Å². The monoisotopic (exact) mass is 721 g/mol. The number of rotatable bonds is 16. The van der Waals surface area contributed by atoms with Gasteiger partial charge >= 0.3 is 6.09 Å². The number of nitrogens with one attached hydrogen (secondary N) is 2. The first kappa shape index (κ1) is 40.9. The van der Waals surface area contributed by atoms with Crippen molar-refractivity contribution in [3.8, 4) is 11.3 Å². The van der Waals surface area contributed by atoms with Crippen molar-refractivity contribution in [2.75, 3.05) is 13.1 Å². The number of nitrogens with two attached hydrogens (primary N) is 1. The van der Waals surface area contributed by atoms with Gasteiger partial charge in [-0.05, 0) is 46.1 Å². The second kappa shape index (κ2) is 18.7. The van der Waals surface area contributed by atoms with Crippen LogP contribution in [0.1, 0.15) is 58.2 Å². The number of amides is 2. The van der Waals surface area contributed by atoms with Crippen LogP contribution in [0.2, 0.25) is 0 Å². The number of pyridine rings is 1. The Balaban J connectivity index is 1.58. The number of aliphatic hydroxyl groups excluding tert-OH is 1. The van der Waals surface area contributed by atoms with Gasteiger partial charge in [0.05, 0.1) is 36.5 Å². The summed E-state index contributed by atoms with van der Waals surface area (Å²) in [5.41, 5.74) is 9.64. The van der Waals surface area contributed by atoms with Crippen LogP contribution in [-0.4, -0.2) is 70.1 Å². The second-order valence-corrected chi connectivity index (χ2v) is 15.8. The molecule has 5 N–H and O–H groups in total. The van der Waals surface area contributed by atoms with Crippen LogP contribution in [0, 0.1) is 10.8 Å². The molecule has 10 nitrogen and oxygen atoms in total. The van der Waals surface area contributed by atoms with Crippen molar-refractivity contribution in [3.05, 3.63) is 126 Å². The molecule has 1 aromatic heterocycles. The summed E-state index contributed by atoms with van der Waals surface area (Å²) < 4.78 is 5.47. The average molecular weight is 722 g/mol. The molecule has 282 valence electrons. The summed E-state index contributed by atoms with van der Waals surface area (Å²) in [5.74, 6) is -0.610. The Labute approximate surface area is 314 Å². The number of carbonyl (C=O) groups excluding carboxylic acids is 3. The zero-order chi connectivity index (χ0) is 38.6. The van der Waals surface area contributed by atoms with Crippen molar-refractivity contribution in [2.24, 2.45) is 16.6 Å². The van der Waals surface area contributed by atoms with E-state index in [4.69, 9.17) is 10.5 Å². The molecule has 4 aromatic rings. The smallest absolute Gasteiger partial charge is 0.408 e. The standard InChI is InChI=1S/C43H55N5O5/c1-42(2,3)38(44)40(51)46-35(25-30-15-9-7-10-16-30)36(49)27-48(26-31-20-22-33(23-21-31)34-19-13-14-24-45-34)28-37(50)39(43(4,5)6)47-41(52)53-29-32-17-11-8-12-18-32/h7-24,35-36,38-39,49H,25-29,44H2,1-6H3,(H,46,51)(H,47,52)/t35-,36-,38?,39+/m0/s1. The van der Waals surface area contributed by atoms with E-state index in [-0.39, 0.29) is 31.4 Å². The van der Waals surface area contributed by atoms with Gasteiger partial charge in [-0.15, -0.1) is 0 Å². The summed E-state index contributed by atoms with van der Waals surface area (Å²) in [5, 5.41) is 17.7. The number of alkyl carbamates (subject to hydrolysis) is 1. The van der Waals surface area contributed by atoms with E-state index in [9.17, 15) is 19.5 Å². The first-order valence-corrected chi connectivity index (χ1v) is 18.1. The van der Waals surface area contributed by atoms with Crippen molar-refractivity contribution in [1.82, 2.24) is 20.5 Å². The van der Waals surface area contributed by atoms with Gasteiger partial charge < -0.3 is 26.2 Å². The Kier molecular flexibility index (Phi) is 14.4. The summed E-state index contributed by atoms with van der Waals surface area (Å²) in [6, 6.07) is 30.2. The molecule has 0 saturated carbocycles. The first-order chi connectivity index (χ1) is 25.1. The number of nitrogens with zero attached hydrogens (tertiary/aromatic N) is 2. The number of ketones is 1. The van der Waals surface area contributed by atoms with Crippen molar-refractivity contribution in [3.63, 3.8) is 0 Å². The largest absolute Gasteiger partial charge is 0.445 e. The Morgan fingerprint density at radius 2 is 1.38 bits per heavy atom. The van der Waals surface area contributed by atoms with Crippen LogP contribution in [-0.2, 0) is 33.9 Å². The maximum Gasteiger partial charge on any atom is 0.408 e. The van der Waals surface area contributed by atoms with E-state index in [1.165, 1.54) is 0 Å². The van der Waals surface area contributed by atoms with Crippen LogP contribution in [0.15, 0.2) is 109 Å². The first-order valence-electron chi connectivity index (χ1n) is 18.1. The number of Topliss-reactive ketones (excluding diaryl/α,β-unsaturated/α-hetero) is 1. The molecule has 0 bridgehead atoms. The normalized spacial score (nSPS) is 14.1. The lowest BCUT2D eigenvalue weighted by atomic mass is 9.84. The topological polar surface area (TPSA) is 147 Å². The molecule has 53 heavy (non-hydrogen) atoms. The molecular weight excluding hydrogens is 667 g/mol. The number of hydrogen-bond donors (Lipinski definition) is 4. The molecule has 4 rings (SSSR count). The molecular formula is C43H55N5O5. The molecule has 0 aliphatic carbocycles. The van der Waals surface area contributed by atoms with Crippen LogP contribution in [0.4, 0.5) is 4.79 Å². The fourth-order valence-electron chi connectivity index (χ4n) is 5.94. The third-order valence-electron chi connectivity index (χ3n) is 9.11. The second-order valence-electron chi connectivity index (χ2n) is 15.8. The minimum absolute atomic E-state index is 0.0472. The number of aliphatic hydroxyl groups is 1. The van der Waals surface area contributed by atoms with Gasteiger partial charge in [0.2, 0.25) is 5.91 Å². The average Bonchev–Trinajstić information content (AvgIpc) is 3.13. The SMILES string of the molecule is CC(C)(C)C(N)C(=O)N[C@@H](Cc1ccccc1)[C@@H](O)CN(CC(=O)[C@@H](NC(=O)OCc1ccccc1)C(C)(C)C)Cc1ccc(-c2ccccn2)cc1. The van der Waals surface area contributed by atoms with E-state index in [1.54, 1.807) is 6.20 Å². The lowest BCUT2D eigenvalue weighted by molar-refractivity contribution is -0.127. The number of aromatic nitrogens is 1. The van der Waals surface area contributed by atoms with Crippen LogP contribution in [0.25, 0.3) is 11.3 Å². The highest BCUT2D eigenvalue weighted by Gasteiger charge is 2.36. The third kappa shape index (κ3) is 12.9. The molecule has 10 heteroatoms.